The van der Waals surface area contributed by atoms with Crippen LogP contribution in [0.3, 0.4) is 0 Å². The molecule has 17 heavy (non-hydrogen) atoms. The second-order valence-electron chi connectivity index (χ2n) is 4.09. The Hall–Kier alpha value is -1.30. The summed E-state index contributed by atoms with van der Waals surface area (Å²) in [6.07, 6.45) is 1.68. The SMILES string of the molecule is CCC(CC)NC(=O)N1CCOCC1C(=O)O. The summed E-state index contributed by atoms with van der Waals surface area (Å²) in [5.74, 6) is -1.02. The summed E-state index contributed by atoms with van der Waals surface area (Å²) in [7, 11) is 0. The summed E-state index contributed by atoms with van der Waals surface area (Å²) in [4.78, 5) is 24.3. The molecule has 6 nitrogen and oxygen atoms in total. The molecule has 0 saturated carbocycles. The maximum atomic E-state index is 11.9. The van der Waals surface area contributed by atoms with Crippen LogP contribution >= 0.6 is 0 Å². The van der Waals surface area contributed by atoms with Gasteiger partial charge >= 0.3 is 12.0 Å². The number of hydrogen-bond donors (Lipinski definition) is 2. The minimum atomic E-state index is -1.02. The van der Waals surface area contributed by atoms with Crippen LogP contribution in [0.5, 0.6) is 0 Å². The predicted octanol–water partition coefficient (Wildman–Crippen LogP) is 0.670. The highest BCUT2D eigenvalue weighted by molar-refractivity contribution is 5.83. The van der Waals surface area contributed by atoms with Crippen molar-refractivity contribution in [2.45, 2.75) is 38.8 Å². The molecule has 0 aromatic heterocycles. The zero-order valence-electron chi connectivity index (χ0n) is 10.3. The average Bonchev–Trinajstić information content (AvgIpc) is 2.35. The normalized spacial score (nSPS) is 20.4. The molecule has 2 N–H and O–H groups in total. The number of carbonyl (C=O) groups is 2. The Morgan fingerprint density at radius 2 is 2.12 bits per heavy atom. The molecule has 6 heteroatoms. The number of rotatable bonds is 4. The maximum Gasteiger partial charge on any atom is 0.328 e. The van der Waals surface area contributed by atoms with Gasteiger partial charge in [0.2, 0.25) is 0 Å². The first kappa shape index (κ1) is 13.8. The minimum Gasteiger partial charge on any atom is -0.480 e. The Labute approximate surface area is 101 Å². The van der Waals surface area contributed by atoms with E-state index in [4.69, 9.17) is 9.84 Å². The molecule has 0 aliphatic carbocycles. The Bertz CT molecular complexity index is 279. The highest BCUT2D eigenvalue weighted by Crippen LogP contribution is 2.08. The molecule has 0 bridgehead atoms. The summed E-state index contributed by atoms with van der Waals surface area (Å²) in [6.45, 7) is 4.75. The Morgan fingerprint density at radius 3 is 2.65 bits per heavy atom. The summed E-state index contributed by atoms with van der Waals surface area (Å²) in [5.41, 5.74) is 0. The lowest BCUT2D eigenvalue weighted by Crippen LogP contribution is -2.57. The summed E-state index contributed by atoms with van der Waals surface area (Å²) in [5, 5.41) is 11.8. The number of carbonyl (C=O) groups excluding carboxylic acids is 1. The van der Waals surface area contributed by atoms with Crippen LogP contribution in [0, 0.1) is 0 Å². The zero-order valence-corrected chi connectivity index (χ0v) is 10.3. The van der Waals surface area contributed by atoms with Crippen molar-refractivity contribution in [3.8, 4) is 0 Å². The molecule has 1 heterocycles. The van der Waals surface area contributed by atoms with E-state index < -0.39 is 12.0 Å². The van der Waals surface area contributed by atoms with Crippen molar-refractivity contribution < 1.29 is 19.4 Å². The number of nitrogens with zero attached hydrogens (tertiary/aromatic N) is 1. The summed E-state index contributed by atoms with van der Waals surface area (Å²) < 4.78 is 5.08. The van der Waals surface area contributed by atoms with Crippen LogP contribution in [0.25, 0.3) is 0 Å². The number of urea groups is 1. The molecule has 1 saturated heterocycles. The van der Waals surface area contributed by atoms with Crippen molar-refractivity contribution in [1.82, 2.24) is 10.2 Å². The Balaban J connectivity index is 2.61. The van der Waals surface area contributed by atoms with E-state index in [1.54, 1.807) is 0 Å². The molecule has 0 spiro atoms. The number of amides is 2. The van der Waals surface area contributed by atoms with Gasteiger partial charge in [-0.3, -0.25) is 0 Å². The molecular weight excluding hydrogens is 224 g/mol. The number of morpholine rings is 1. The number of ether oxygens (including phenoxy) is 1. The molecule has 1 fully saturated rings. The smallest absolute Gasteiger partial charge is 0.328 e. The molecule has 0 radical (unpaired) electrons. The van der Waals surface area contributed by atoms with Crippen LogP contribution in [0.1, 0.15) is 26.7 Å². The lowest BCUT2D eigenvalue weighted by molar-refractivity contribution is -0.147. The van der Waals surface area contributed by atoms with Gasteiger partial charge in [0.1, 0.15) is 0 Å². The van der Waals surface area contributed by atoms with Crippen molar-refractivity contribution in [3.63, 3.8) is 0 Å². The van der Waals surface area contributed by atoms with E-state index in [-0.39, 0.29) is 18.7 Å². The molecule has 1 aliphatic rings. The van der Waals surface area contributed by atoms with Crippen molar-refractivity contribution >= 4 is 12.0 Å². The van der Waals surface area contributed by atoms with E-state index in [1.807, 2.05) is 13.8 Å². The van der Waals surface area contributed by atoms with E-state index in [1.165, 1.54) is 4.90 Å². The number of nitrogens with one attached hydrogen (secondary N) is 1. The zero-order chi connectivity index (χ0) is 12.8. The predicted molar refractivity (Wildman–Crippen MR) is 61.9 cm³/mol. The van der Waals surface area contributed by atoms with E-state index >= 15 is 0 Å². The number of carboxylic acids is 1. The quantitative estimate of drug-likeness (QED) is 0.762. The average molecular weight is 244 g/mol. The summed E-state index contributed by atoms with van der Waals surface area (Å²) >= 11 is 0. The maximum absolute atomic E-state index is 11.9. The largest absolute Gasteiger partial charge is 0.480 e. The number of hydrogen-bond acceptors (Lipinski definition) is 3. The van der Waals surface area contributed by atoms with E-state index in [0.717, 1.165) is 12.8 Å². The highest BCUT2D eigenvalue weighted by atomic mass is 16.5. The van der Waals surface area contributed by atoms with Crippen LogP contribution in [-0.2, 0) is 9.53 Å². The highest BCUT2D eigenvalue weighted by Gasteiger charge is 2.33. The number of aliphatic carboxylic acids is 1. The van der Waals surface area contributed by atoms with Gasteiger partial charge in [-0.25, -0.2) is 9.59 Å². The van der Waals surface area contributed by atoms with Gasteiger partial charge in [-0.05, 0) is 12.8 Å². The fourth-order valence-corrected chi connectivity index (χ4v) is 1.80. The van der Waals surface area contributed by atoms with Gasteiger partial charge in [0.25, 0.3) is 0 Å². The third-order valence-corrected chi connectivity index (χ3v) is 2.99. The van der Waals surface area contributed by atoms with Gasteiger partial charge in [-0.1, -0.05) is 13.8 Å². The Morgan fingerprint density at radius 1 is 1.47 bits per heavy atom. The van der Waals surface area contributed by atoms with E-state index in [9.17, 15) is 9.59 Å². The number of carboxylic acid groups (broad SMARTS) is 1. The molecule has 0 aromatic rings. The van der Waals surface area contributed by atoms with Crippen molar-refractivity contribution in [2.75, 3.05) is 19.8 Å². The molecule has 2 amide bonds. The standard InChI is InChI=1S/C11H20N2O4/c1-3-8(4-2)12-11(16)13-5-6-17-7-9(13)10(14)15/h8-9H,3-7H2,1-2H3,(H,12,16)(H,14,15). The molecule has 1 rings (SSSR count). The second-order valence-corrected chi connectivity index (χ2v) is 4.09. The topological polar surface area (TPSA) is 78.9 Å². The van der Waals surface area contributed by atoms with Gasteiger partial charge in [-0.2, -0.15) is 0 Å². The molecule has 1 aliphatic heterocycles. The van der Waals surface area contributed by atoms with Crippen LogP contribution in [0.15, 0.2) is 0 Å². The van der Waals surface area contributed by atoms with Crippen molar-refractivity contribution in [1.29, 1.82) is 0 Å². The van der Waals surface area contributed by atoms with Gasteiger partial charge < -0.3 is 20.1 Å². The molecule has 0 aromatic carbocycles. The van der Waals surface area contributed by atoms with Crippen LogP contribution in [0.4, 0.5) is 4.79 Å². The summed E-state index contributed by atoms with van der Waals surface area (Å²) in [6, 6.07) is -1.09. The van der Waals surface area contributed by atoms with Gasteiger partial charge in [0, 0.05) is 12.6 Å². The molecule has 98 valence electrons. The van der Waals surface area contributed by atoms with Gasteiger partial charge in [0.15, 0.2) is 6.04 Å². The van der Waals surface area contributed by atoms with E-state index in [0.29, 0.717) is 13.2 Å². The molecule has 1 unspecified atom stereocenters. The van der Waals surface area contributed by atoms with Gasteiger partial charge in [-0.15, -0.1) is 0 Å². The van der Waals surface area contributed by atoms with Crippen LogP contribution in [0.2, 0.25) is 0 Å². The molecule has 1 atom stereocenters. The minimum absolute atomic E-state index is 0.0612. The fourth-order valence-electron chi connectivity index (χ4n) is 1.80. The third kappa shape index (κ3) is 3.59. The lowest BCUT2D eigenvalue weighted by atomic mass is 10.2. The Kier molecular flexibility index (Phi) is 5.21. The first-order chi connectivity index (χ1) is 8.10. The lowest BCUT2D eigenvalue weighted by Gasteiger charge is -2.33. The fraction of sp³-hybridized carbons (Fsp3) is 0.818. The van der Waals surface area contributed by atoms with Crippen LogP contribution in [-0.4, -0.2) is 53.8 Å². The first-order valence-electron chi connectivity index (χ1n) is 5.97. The monoisotopic (exact) mass is 244 g/mol. The van der Waals surface area contributed by atoms with Gasteiger partial charge in [0.05, 0.1) is 13.2 Å². The van der Waals surface area contributed by atoms with Crippen LogP contribution < -0.4 is 5.32 Å². The first-order valence-corrected chi connectivity index (χ1v) is 5.97. The third-order valence-electron chi connectivity index (χ3n) is 2.99. The van der Waals surface area contributed by atoms with Crippen molar-refractivity contribution in [2.24, 2.45) is 0 Å². The molecular formula is C11H20N2O4. The van der Waals surface area contributed by atoms with Crippen molar-refractivity contribution in [3.05, 3.63) is 0 Å². The van der Waals surface area contributed by atoms with E-state index in [2.05, 4.69) is 5.32 Å². The second kappa shape index (κ2) is 6.44.